The van der Waals surface area contributed by atoms with Crippen molar-refractivity contribution in [3.63, 3.8) is 0 Å². The number of anilines is 2. The van der Waals surface area contributed by atoms with E-state index >= 15 is 0 Å². The Morgan fingerprint density at radius 2 is 1.88 bits per heavy atom. The number of nitrogens with one attached hydrogen (secondary N) is 2. The fourth-order valence-corrected chi connectivity index (χ4v) is 4.48. The molecule has 7 nitrogen and oxygen atoms in total. The molecule has 0 radical (unpaired) electrons. The zero-order chi connectivity index (χ0) is 23.3. The van der Waals surface area contributed by atoms with Gasteiger partial charge >= 0.3 is 0 Å². The van der Waals surface area contributed by atoms with E-state index in [0.717, 1.165) is 66.0 Å². The molecule has 0 amide bonds. The first-order valence-corrected chi connectivity index (χ1v) is 11.7. The van der Waals surface area contributed by atoms with Crippen molar-refractivity contribution in [2.45, 2.75) is 25.3 Å². The Labute approximate surface area is 203 Å². The average Bonchev–Trinajstić information content (AvgIpc) is 3.34. The van der Waals surface area contributed by atoms with Crippen molar-refractivity contribution in [3.05, 3.63) is 89.0 Å². The second-order valence-corrected chi connectivity index (χ2v) is 8.88. The molecule has 0 bridgehead atoms. The molecule has 0 spiro atoms. The van der Waals surface area contributed by atoms with Crippen LogP contribution in [0.15, 0.2) is 67.0 Å². The van der Waals surface area contributed by atoms with E-state index in [2.05, 4.69) is 31.5 Å². The Kier molecular flexibility index (Phi) is 6.52. The highest BCUT2D eigenvalue weighted by molar-refractivity contribution is 6.30. The molecule has 1 fully saturated rings. The summed E-state index contributed by atoms with van der Waals surface area (Å²) in [6.45, 7) is 2.88. The van der Waals surface area contributed by atoms with Gasteiger partial charge in [-0.1, -0.05) is 29.8 Å². The molecule has 34 heavy (non-hydrogen) atoms. The zero-order valence-electron chi connectivity index (χ0n) is 18.6. The highest BCUT2D eigenvalue weighted by atomic mass is 35.5. The van der Waals surface area contributed by atoms with Crippen LogP contribution in [-0.2, 0) is 6.54 Å². The van der Waals surface area contributed by atoms with E-state index in [-0.39, 0.29) is 0 Å². The predicted molar refractivity (Wildman–Crippen MR) is 133 cm³/mol. The van der Waals surface area contributed by atoms with Crippen LogP contribution >= 0.6 is 11.6 Å². The Hall–Kier alpha value is -3.73. The summed E-state index contributed by atoms with van der Waals surface area (Å²) in [5.41, 5.74) is 5.66. The number of likely N-dealkylation sites (tertiary alicyclic amines) is 1. The number of aromatic nitrogens is 4. The summed E-state index contributed by atoms with van der Waals surface area (Å²) in [7, 11) is 0. The third kappa shape index (κ3) is 5.09. The van der Waals surface area contributed by atoms with Crippen LogP contribution in [-0.4, -0.2) is 38.2 Å². The fraction of sp³-hybridized carbons (Fsp3) is 0.231. The Balaban J connectivity index is 1.20. The predicted octanol–water partition coefficient (Wildman–Crippen LogP) is 5.51. The summed E-state index contributed by atoms with van der Waals surface area (Å²) in [5.74, 6) is 1.22. The topological polar surface area (TPSA) is 93.5 Å². The van der Waals surface area contributed by atoms with Crippen LogP contribution in [0.3, 0.4) is 0 Å². The average molecular weight is 470 g/mol. The van der Waals surface area contributed by atoms with E-state index < -0.39 is 0 Å². The third-order valence-corrected chi connectivity index (χ3v) is 6.42. The van der Waals surface area contributed by atoms with Crippen molar-refractivity contribution in [3.8, 4) is 17.3 Å². The summed E-state index contributed by atoms with van der Waals surface area (Å²) in [6.07, 6.45) is 5.69. The van der Waals surface area contributed by atoms with Crippen molar-refractivity contribution in [1.29, 1.82) is 5.26 Å². The highest BCUT2D eigenvalue weighted by Gasteiger charge is 2.23. The molecular formula is C26H24ClN7. The molecule has 5 rings (SSSR count). The quantitative estimate of drug-likeness (QED) is 0.386. The summed E-state index contributed by atoms with van der Waals surface area (Å²) in [4.78, 5) is 11.4. The standard InChI is InChI=1S/C26H24ClN7/c27-21-6-4-19(5-7-21)26-20(15-30-33-26)17-34-12-10-18(11-13-34)24-2-1-3-25(32-24)31-23-9-8-22(14-28)29-16-23/h1-9,15-16,18H,10-13,17H2,(H,30,33)(H,31,32). The largest absolute Gasteiger partial charge is 0.339 e. The van der Waals surface area contributed by atoms with Crippen LogP contribution in [0, 0.1) is 11.3 Å². The van der Waals surface area contributed by atoms with Gasteiger partial charge in [-0.25, -0.2) is 9.97 Å². The molecule has 8 heteroatoms. The van der Waals surface area contributed by atoms with E-state index in [1.54, 1.807) is 12.3 Å². The Morgan fingerprint density at radius 3 is 2.62 bits per heavy atom. The first kappa shape index (κ1) is 22.1. The maximum absolute atomic E-state index is 8.91. The van der Waals surface area contributed by atoms with Crippen molar-refractivity contribution < 1.29 is 0 Å². The molecule has 0 aliphatic carbocycles. The van der Waals surface area contributed by atoms with Gasteiger partial charge in [-0.2, -0.15) is 10.4 Å². The van der Waals surface area contributed by atoms with Crippen LogP contribution in [0.2, 0.25) is 5.02 Å². The number of piperidine rings is 1. The number of rotatable bonds is 6. The van der Waals surface area contributed by atoms with Gasteiger partial charge in [0, 0.05) is 28.7 Å². The number of benzene rings is 1. The third-order valence-electron chi connectivity index (χ3n) is 6.17. The normalized spacial score (nSPS) is 14.6. The number of hydrogen-bond donors (Lipinski definition) is 2. The van der Waals surface area contributed by atoms with Crippen LogP contribution in [0.25, 0.3) is 11.3 Å². The van der Waals surface area contributed by atoms with Crippen molar-refractivity contribution in [1.82, 2.24) is 25.1 Å². The van der Waals surface area contributed by atoms with Crippen LogP contribution in [0.4, 0.5) is 11.5 Å². The van der Waals surface area contributed by atoms with Gasteiger partial charge in [0.25, 0.3) is 0 Å². The molecule has 170 valence electrons. The molecule has 4 aromatic rings. The van der Waals surface area contributed by atoms with Gasteiger partial charge in [0.1, 0.15) is 17.6 Å². The number of hydrogen-bond acceptors (Lipinski definition) is 6. The maximum Gasteiger partial charge on any atom is 0.140 e. The molecule has 1 aliphatic rings. The SMILES string of the molecule is N#Cc1ccc(Nc2cccc(C3CCN(Cc4cn[nH]c4-c4ccc(Cl)cc4)CC3)n2)cn1. The van der Waals surface area contributed by atoms with E-state index in [0.29, 0.717) is 11.6 Å². The molecule has 0 unspecified atom stereocenters. The summed E-state index contributed by atoms with van der Waals surface area (Å²) < 4.78 is 0. The van der Waals surface area contributed by atoms with Crippen molar-refractivity contribution >= 4 is 23.1 Å². The van der Waals surface area contributed by atoms with Gasteiger partial charge in [0.05, 0.1) is 23.8 Å². The molecular weight excluding hydrogens is 446 g/mol. The second kappa shape index (κ2) is 10.0. The Bertz CT molecular complexity index is 1280. The fourth-order valence-electron chi connectivity index (χ4n) is 4.36. The Morgan fingerprint density at radius 1 is 1.06 bits per heavy atom. The van der Waals surface area contributed by atoms with Crippen LogP contribution in [0.1, 0.15) is 35.7 Å². The van der Waals surface area contributed by atoms with E-state index in [1.807, 2.05) is 54.7 Å². The number of pyridine rings is 2. The zero-order valence-corrected chi connectivity index (χ0v) is 19.3. The number of nitriles is 1. The van der Waals surface area contributed by atoms with Gasteiger partial charge in [-0.3, -0.25) is 10.00 Å². The van der Waals surface area contributed by atoms with Crippen LogP contribution < -0.4 is 5.32 Å². The van der Waals surface area contributed by atoms with Gasteiger partial charge in [0.15, 0.2) is 0 Å². The minimum atomic E-state index is 0.398. The molecule has 1 aromatic carbocycles. The monoisotopic (exact) mass is 469 g/mol. The minimum Gasteiger partial charge on any atom is -0.339 e. The van der Waals surface area contributed by atoms with Crippen molar-refractivity contribution in [2.75, 3.05) is 18.4 Å². The smallest absolute Gasteiger partial charge is 0.140 e. The number of aromatic amines is 1. The lowest BCUT2D eigenvalue weighted by molar-refractivity contribution is 0.203. The van der Waals surface area contributed by atoms with Gasteiger partial charge in [-0.05, 0) is 67.9 Å². The lowest BCUT2D eigenvalue weighted by Crippen LogP contribution is -2.32. The van der Waals surface area contributed by atoms with Crippen molar-refractivity contribution in [2.24, 2.45) is 0 Å². The molecule has 3 aromatic heterocycles. The minimum absolute atomic E-state index is 0.398. The van der Waals surface area contributed by atoms with E-state index in [9.17, 15) is 0 Å². The summed E-state index contributed by atoms with van der Waals surface area (Å²) in [5, 5.41) is 20.3. The number of nitrogens with zero attached hydrogens (tertiary/aromatic N) is 5. The highest BCUT2D eigenvalue weighted by Crippen LogP contribution is 2.30. The first-order chi connectivity index (χ1) is 16.7. The number of halogens is 1. The summed E-state index contributed by atoms with van der Waals surface area (Å²) >= 11 is 6.04. The van der Waals surface area contributed by atoms with E-state index in [1.165, 1.54) is 5.56 Å². The number of H-pyrrole nitrogens is 1. The van der Waals surface area contributed by atoms with Crippen LogP contribution in [0.5, 0.6) is 0 Å². The maximum atomic E-state index is 8.91. The van der Waals surface area contributed by atoms with Gasteiger partial charge in [-0.15, -0.1) is 0 Å². The molecule has 0 saturated carbocycles. The molecule has 1 aliphatic heterocycles. The summed E-state index contributed by atoms with van der Waals surface area (Å²) in [6, 6.07) is 19.5. The lowest BCUT2D eigenvalue weighted by Gasteiger charge is -2.31. The van der Waals surface area contributed by atoms with Gasteiger partial charge in [0.2, 0.25) is 0 Å². The molecule has 2 N–H and O–H groups in total. The van der Waals surface area contributed by atoms with E-state index in [4.69, 9.17) is 21.8 Å². The molecule has 0 atom stereocenters. The molecule has 1 saturated heterocycles. The first-order valence-electron chi connectivity index (χ1n) is 11.3. The lowest BCUT2D eigenvalue weighted by atomic mass is 9.92. The second-order valence-electron chi connectivity index (χ2n) is 8.44. The van der Waals surface area contributed by atoms with Gasteiger partial charge < -0.3 is 5.32 Å². The molecule has 4 heterocycles.